The first-order valence-electron chi connectivity index (χ1n) is 3.45. The second kappa shape index (κ2) is 3.46. The van der Waals surface area contributed by atoms with Gasteiger partial charge in [0.1, 0.15) is 6.04 Å². The van der Waals surface area contributed by atoms with Gasteiger partial charge in [0.25, 0.3) is 6.43 Å². The summed E-state index contributed by atoms with van der Waals surface area (Å²) in [6.07, 6.45) is -1.62. The van der Waals surface area contributed by atoms with E-state index in [4.69, 9.17) is 5.11 Å². The summed E-state index contributed by atoms with van der Waals surface area (Å²) in [7, 11) is 0. The van der Waals surface area contributed by atoms with Crippen molar-refractivity contribution in [3.8, 4) is 0 Å². The summed E-state index contributed by atoms with van der Waals surface area (Å²) in [6, 6.07) is -1.17. The van der Waals surface area contributed by atoms with Crippen LogP contribution in [0.1, 0.15) is 23.5 Å². The molecule has 0 radical (unpaired) electrons. The molecule has 7 heteroatoms. The monoisotopic (exact) mass is 191 g/mol. The molecular formula is C6H7F2N3O2. The standard InChI is InChI=1S/C6H7F2N3O2/c1-3(5(7)8)11-2-4(6(12)13)9-10-11/h2-3,5H,1H3,(H,12,13). The van der Waals surface area contributed by atoms with E-state index in [0.29, 0.717) is 0 Å². The molecule has 0 aliphatic rings. The van der Waals surface area contributed by atoms with E-state index >= 15 is 0 Å². The zero-order chi connectivity index (χ0) is 10.0. The number of alkyl halides is 2. The number of nitrogens with zero attached hydrogens (tertiary/aromatic N) is 3. The summed E-state index contributed by atoms with van der Waals surface area (Å²) >= 11 is 0. The average molecular weight is 191 g/mol. The van der Waals surface area contributed by atoms with E-state index < -0.39 is 18.4 Å². The molecule has 0 saturated heterocycles. The number of aromatic nitrogens is 3. The fraction of sp³-hybridized carbons (Fsp3) is 0.500. The van der Waals surface area contributed by atoms with Gasteiger partial charge < -0.3 is 5.11 Å². The highest BCUT2D eigenvalue weighted by Gasteiger charge is 2.19. The van der Waals surface area contributed by atoms with E-state index in [2.05, 4.69) is 10.3 Å². The molecule has 13 heavy (non-hydrogen) atoms. The Morgan fingerprint density at radius 3 is 2.69 bits per heavy atom. The molecule has 1 unspecified atom stereocenters. The second-order valence-corrected chi connectivity index (χ2v) is 2.46. The quantitative estimate of drug-likeness (QED) is 0.767. The van der Waals surface area contributed by atoms with Crippen LogP contribution >= 0.6 is 0 Å². The number of carboxylic acid groups (broad SMARTS) is 1. The van der Waals surface area contributed by atoms with E-state index in [-0.39, 0.29) is 5.69 Å². The first kappa shape index (κ1) is 9.56. The minimum atomic E-state index is -2.59. The molecule has 1 N–H and O–H groups in total. The normalized spacial score (nSPS) is 13.2. The van der Waals surface area contributed by atoms with Crippen molar-refractivity contribution in [1.82, 2.24) is 15.0 Å². The Kier molecular flexibility index (Phi) is 2.54. The number of carbonyl (C=O) groups is 1. The van der Waals surface area contributed by atoms with E-state index in [0.717, 1.165) is 10.9 Å². The third kappa shape index (κ3) is 1.98. The lowest BCUT2D eigenvalue weighted by molar-refractivity contribution is 0.0688. The van der Waals surface area contributed by atoms with Crippen molar-refractivity contribution < 1.29 is 18.7 Å². The lowest BCUT2D eigenvalue weighted by atomic mass is 10.3. The minimum absolute atomic E-state index is 0.340. The Labute approximate surface area is 72.0 Å². The van der Waals surface area contributed by atoms with Crippen molar-refractivity contribution in [2.24, 2.45) is 0 Å². The topological polar surface area (TPSA) is 68.0 Å². The van der Waals surface area contributed by atoms with Crippen LogP contribution in [0.25, 0.3) is 0 Å². The maximum absolute atomic E-state index is 12.1. The van der Waals surface area contributed by atoms with E-state index in [1.807, 2.05) is 0 Å². The summed E-state index contributed by atoms with van der Waals surface area (Å²) in [5.41, 5.74) is -0.340. The fourth-order valence-electron chi connectivity index (χ4n) is 0.689. The lowest BCUT2D eigenvalue weighted by Crippen LogP contribution is -2.14. The smallest absolute Gasteiger partial charge is 0.358 e. The Bertz CT molecular complexity index is 313. The third-order valence-corrected chi connectivity index (χ3v) is 1.51. The molecule has 1 atom stereocenters. The zero-order valence-corrected chi connectivity index (χ0v) is 6.69. The number of hydrogen-bond acceptors (Lipinski definition) is 3. The Morgan fingerprint density at radius 2 is 2.31 bits per heavy atom. The molecule has 0 aliphatic heterocycles. The first-order chi connectivity index (χ1) is 6.02. The molecule has 0 fully saturated rings. The van der Waals surface area contributed by atoms with E-state index in [1.165, 1.54) is 6.92 Å². The molecule has 5 nitrogen and oxygen atoms in total. The highest BCUT2D eigenvalue weighted by atomic mass is 19.3. The predicted molar refractivity (Wildman–Crippen MR) is 37.7 cm³/mol. The Morgan fingerprint density at radius 1 is 1.69 bits per heavy atom. The molecule has 72 valence electrons. The van der Waals surface area contributed by atoms with Gasteiger partial charge in [-0.05, 0) is 6.92 Å². The SMILES string of the molecule is CC(C(F)F)n1cc(C(=O)O)nn1. The van der Waals surface area contributed by atoms with Gasteiger partial charge in [-0.2, -0.15) is 0 Å². The van der Waals surface area contributed by atoms with Gasteiger partial charge in [-0.15, -0.1) is 5.10 Å². The van der Waals surface area contributed by atoms with Crippen molar-refractivity contribution in [2.75, 3.05) is 0 Å². The van der Waals surface area contributed by atoms with Gasteiger partial charge >= 0.3 is 5.97 Å². The van der Waals surface area contributed by atoms with Crippen LogP contribution < -0.4 is 0 Å². The van der Waals surface area contributed by atoms with Crippen LogP contribution in [0.15, 0.2) is 6.20 Å². The van der Waals surface area contributed by atoms with Gasteiger partial charge in [0.2, 0.25) is 0 Å². The van der Waals surface area contributed by atoms with E-state index in [1.54, 1.807) is 0 Å². The maximum Gasteiger partial charge on any atom is 0.358 e. The van der Waals surface area contributed by atoms with Crippen molar-refractivity contribution in [3.05, 3.63) is 11.9 Å². The van der Waals surface area contributed by atoms with Gasteiger partial charge in [-0.25, -0.2) is 18.3 Å². The molecule has 0 spiro atoms. The van der Waals surface area contributed by atoms with Crippen molar-refractivity contribution in [3.63, 3.8) is 0 Å². The number of aromatic carboxylic acids is 1. The molecule has 1 aromatic heterocycles. The molecule has 0 amide bonds. The highest BCUT2D eigenvalue weighted by molar-refractivity contribution is 5.84. The molecule has 1 heterocycles. The van der Waals surface area contributed by atoms with E-state index in [9.17, 15) is 13.6 Å². The molecule has 0 saturated carbocycles. The maximum atomic E-state index is 12.1. The predicted octanol–water partition coefficient (Wildman–Crippen LogP) is 0.802. The number of halogens is 2. The third-order valence-electron chi connectivity index (χ3n) is 1.51. The molecule has 1 aromatic rings. The fourth-order valence-corrected chi connectivity index (χ4v) is 0.689. The van der Waals surface area contributed by atoms with Crippen LogP contribution in [-0.2, 0) is 0 Å². The van der Waals surface area contributed by atoms with Crippen LogP contribution in [0.2, 0.25) is 0 Å². The van der Waals surface area contributed by atoms with Crippen molar-refractivity contribution in [2.45, 2.75) is 19.4 Å². The summed E-state index contributed by atoms with van der Waals surface area (Å²) < 4.78 is 25.0. The lowest BCUT2D eigenvalue weighted by Gasteiger charge is -2.08. The molecule has 0 aliphatic carbocycles. The highest BCUT2D eigenvalue weighted by Crippen LogP contribution is 2.13. The number of rotatable bonds is 3. The van der Waals surface area contributed by atoms with Crippen LogP contribution in [0, 0.1) is 0 Å². The summed E-state index contributed by atoms with van der Waals surface area (Å²) in [6.45, 7) is 1.23. The van der Waals surface area contributed by atoms with Gasteiger partial charge in [0.15, 0.2) is 5.69 Å². The zero-order valence-electron chi connectivity index (χ0n) is 6.69. The van der Waals surface area contributed by atoms with Crippen molar-refractivity contribution in [1.29, 1.82) is 0 Å². The number of carboxylic acids is 1. The van der Waals surface area contributed by atoms with Gasteiger partial charge in [-0.1, -0.05) is 5.21 Å². The Balaban J connectivity index is 2.85. The summed E-state index contributed by atoms with van der Waals surface area (Å²) in [5.74, 6) is -1.28. The molecule has 0 bridgehead atoms. The Hall–Kier alpha value is -1.53. The first-order valence-corrected chi connectivity index (χ1v) is 3.45. The molecule has 0 aromatic carbocycles. The molecule has 1 rings (SSSR count). The largest absolute Gasteiger partial charge is 0.476 e. The van der Waals surface area contributed by atoms with Crippen LogP contribution in [-0.4, -0.2) is 32.5 Å². The molecular weight excluding hydrogens is 184 g/mol. The summed E-state index contributed by atoms with van der Waals surface area (Å²) in [4.78, 5) is 10.3. The van der Waals surface area contributed by atoms with Crippen LogP contribution in [0.4, 0.5) is 8.78 Å². The second-order valence-electron chi connectivity index (χ2n) is 2.46. The van der Waals surface area contributed by atoms with Gasteiger partial charge in [0.05, 0.1) is 6.20 Å². The van der Waals surface area contributed by atoms with Crippen molar-refractivity contribution >= 4 is 5.97 Å². The van der Waals surface area contributed by atoms with Gasteiger partial charge in [0, 0.05) is 0 Å². The van der Waals surface area contributed by atoms with Crippen LogP contribution in [0.3, 0.4) is 0 Å². The number of hydrogen-bond donors (Lipinski definition) is 1. The van der Waals surface area contributed by atoms with Gasteiger partial charge in [-0.3, -0.25) is 0 Å². The average Bonchev–Trinajstić information content (AvgIpc) is 2.50. The van der Waals surface area contributed by atoms with Crippen LogP contribution in [0.5, 0.6) is 0 Å². The minimum Gasteiger partial charge on any atom is -0.476 e. The summed E-state index contributed by atoms with van der Waals surface area (Å²) in [5, 5.41) is 14.9.